The molecule has 1 fully saturated rings. The van der Waals surface area contributed by atoms with Gasteiger partial charge in [-0.2, -0.15) is 0 Å². The molecule has 0 radical (unpaired) electrons. The van der Waals surface area contributed by atoms with Gasteiger partial charge in [0, 0.05) is 37.3 Å². The number of aryl methyl sites for hydroxylation is 1. The van der Waals surface area contributed by atoms with E-state index in [-0.39, 0.29) is 11.5 Å². The maximum absolute atomic E-state index is 12.3. The number of carbonyl (C=O) groups excluding carboxylic acids is 1. The number of H-pyrrole nitrogens is 1. The smallest absolute Gasteiger partial charge is 0.255 e. The van der Waals surface area contributed by atoms with Crippen molar-refractivity contribution in [3.05, 3.63) is 51.8 Å². The van der Waals surface area contributed by atoms with Gasteiger partial charge in [0.25, 0.3) is 5.91 Å². The molecule has 1 amide bonds. The van der Waals surface area contributed by atoms with Gasteiger partial charge in [-0.05, 0) is 25.8 Å². The second-order valence-electron chi connectivity index (χ2n) is 5.38. The van der Waals surface area contributed by atoms with Crippen LogP contribution in [0.3, 0.4) is 0 Å². The molecule has 0 unspecified atom stereocenters. The Bertz CT molecular complexity index is 676. The summed E-state index contributed by atoms with van der Waals surface area (Å²) in [5.41, 5.74) is 1.20. The van der Waals surface area contributed by atoms with Crippen LogP contribution in [0.1, 0.15) is 40.6 Å². The zero-order valence-electron chi connectivity index (χ0n) is 11.8. The minimum Gasteiger partial charge on any atom is -0.361 e. The third-order valence-electron chi connectivity index (χ3n) is 3.86. The number of aromatic nitrogens is 2. The largest absolute Gasteiger partial charge is 0.361 e. The Kier molecular flexibility index (Phi) is 3.60. The molecule has 6 nitrogen and oxygen atoms in total. The zero-order chi connectivity index (χ0) is 14.8. The van der Waals surface area contributed by atoms with Crippen molar-refractivity contribution in [2.24, 2.45) is 0 Å². The molecule has 110 valence electrons. The highest BCUT2D eigenvalue weighted by Gasteiger charge is 2.26. The van der Waals surface area contributed by atoms with Crippen molar-refractivity contribution in [2.45, 2.75) is 25.7 Å². The third kappa shape index (κ3) is 2.89. The van der Waals surface area contributed by atoms with Crippen LogP contribution in [0.2, 0.25) is 0 Å². The van der Waals surface area contributed by atoms with Gasteiger partial charge in [-0.1, -0.05) is 5.16 Å². The molecule has 2 aromatic heterocycles. The topological polar surface area (TPSA) is 79.2 Å². The Balaban J connectivity index is 1.64. The molecule has 1 aliphatic heterocycles. The molecule has 0 bridgehead atoms. The summed E-state index contributed by atoms with van der Waals surface area (Å²) in [5.74, 6) is 1.19. The second-order valence-corrected chi connectivity index (χ2v) is 5.38. The van der Waals surface area contributed by atoms with Crippen LogP contribution >= 0.6 is 0 Å². The molecule has 3 heterocycles. The van der Waals surface area contributed by atoms with Crippen molar-refractivity contribution >= 4 is 5.91 Å². The van der Waals surface area contributed by atoms with Crippen molar-refractivity contribution < 1.29 is 9.32 Å². The van der Waals surface area contributed by atoms with E-state index >= 15 is 0 Å². The number of nitrogens with zero attached hydrogens (tertiary/aromatic N) is 2. The molecule has 3 rings (SSSR count). The SMILES string of the molecule is Cc1cc(C2CCN(C(=O)c3ccc(=O)[nH]c3)CC2)on1. The molecule has 0 aromatic carbocycles. The van der Waals surface area contributed by atoms with Crippen LogP contribution in [0.4, 0.5) is 0 Å². The van der Waals surface area contributed by atoms with Crippen molar-refractivity contribution in [3.8, 4) is 0 Å². The molecule has 0 aliphatic carbocycles. The summed E-state index contributed by atoms with van der Waals surface area (Å²) < 4.78 is 5.30. The van der Waals surface area contributed by atoms with Crippen molar-refractivity contribution in [1.82, 2.24) is 15.0 Å². The first kappa shape index (κ1) is 13.6. The zero-order valence-corrected chi connectivity index (χ0v) is 11.8. The molecule has 2 aromatic rings. The lowest BCUT2D eigenvalue weighted by molar-refractivity contribution is 0.0705. The summed E-state index contributed by atoms with van der Waals surface area (Å²) in [6, 6.07) is 4.90. The highest BCUT2D eigenvalue weighted by atomic mass is 16.5. The average molecular weight is 287 g/mol. The van der Waals surface area contributed by atoms with E-state index in [1.807, 2.05) is 17.9 Å². The van der Waals surface area contributed by atoms with E-state index in [2.05, 4.69) is 10.1 Å². The van der Waals surface area contributed by atoms with Crippen LogP contribution in [-0.4, -0.2) is 34.0 Å². The number of hydrogen-bond donors (Lipinski definition) is 1. The number of pyridine rings is 1. The maximum atomic E-state index is 12.3. The molecule has 21 heavy (non-hydrogen) atoms. The molecule has 1 aliphatic rings. The summed E-state index contributed by atoms with van der Waals surface area (Å²) in [4.78, 5) is 27.7. The van der Waals surface area contributed by atoms with Gasteiger partial charge in [-0.15, -0.1) is 0 Å². The Morgan fingerprint density at radius 1 is 1.38 bits per heavy atom. The molecule has 0 atom stereocenters. The Hall–Kier alpha value is -2.37. The number of aromatic amines is 1. The van der Waals surface area contributed by atoms with E-state index in [0.29, 0.717) is 24.6 Å². The fourth-order valence-electron chi connectivity index (χ4n) is 2.67. The van der Waals surface area contributed by atoms with Crippen molar-refractivity contribution in [1.29, 1.82) is 0 Å². The lowest BCUT2D eigenvalue weighted by atomic mass is 9.94. The second kappa shape index (κ2) is 5.55. The predicted octanol–water partition coefficient (Wildman–Crippen LogP) is 1.69. The summed E-state index contributed by atoms with van der Waals surface area (Å²) >= 11 is 0. The van der Waals surface area contributed by atoms with Crippen LogP contribution in [0.5, 0.6) is 0 Å². The lowest BCUT2D eigenvalue weighted by Crippen LogP contribution is -2.38. The first-order valence-corrected chi connectivity index (χ1v) is 7.05. The highest BCUT2D eigenvalue weighted by molar-refractivity contribution is 5.93. The number of nitrogens with one attached hydrogen (secondary N) is 1. The fourth-order valence-corrected chi connectivity index (χ4v) is 2.67. The predicted molar refractivity (Wildman–Crippen MR) is 76.2 cm³/mol. The van der Waals surface area contributed by atoms with Crippen LogP contribution < -0.4 is 5.56 Å². The Labute approximate surface area is 121 Å². The van der Waals surface area contributed by atoms with Crippen molar-refractivity contribution in [2.75, 3.05) is 13.1 Å². The first-order chi connectivity index (χ1) is 10.1. The summed E-state index contributed by atoms with van der Waals surface area (Å²) in [6.45, 7) is 3.27. The third-order valence-corrected chi connectivity index (χ3v) is 3.86. The molecule has 0 spiro atoms. The Morgan fingerprint density at radius 3 is 2.71 bits per heavy atom. The van der Waals surface area contributed by atoms with Crippen LogP contribution in [0.15, 0.2) is 33.7 Å². The first-order valence-electron chi connectivity index (χ1n) is 7.05. The number of hydrogen-bond acceptors (Lipinski definition) is 4. The summed E-state index contributed by atoms with van der Waals surface area (Å²) in [6.07, 6.45) is 3.20. The van der Waals surface area contributed by atoms with Gasteiger partial charge in [0.1, 0.15) is 5.76 Å². The molecule has 1 saturated heterocycles. The average Bonchev–Trinajstić information content (AvgIpc) is 2.94. The fraction of sp³-hybridized carbons (Fsp3) is 0.400. The van der Waals surface area contributed by atoms with Crippen LogP contribution in [-0.2, 0) is 0 Å². The minimum atomic E-state index is -0.203. The number of likely N-dealkylation sites (tertiary alicyclic amines) is 1. The quantitative estimate of drug-likeness (QED) is 0.911. The van der Waals surface area contributed by atoms with Crippen LogP contribution in [0.25, 0.3) is 0 Å². The molecule has 0 saturated carbocycles. The van der Waals surface area contributed by atoms with Gasteiger partial charge >= 0.3 is 0 Å². The van der Waals surface area contributed by atoms with E-state index < -0.39 is 0 Å². The molecular formula is C15H17N3O3. The van der Waals surface area contributed by atoms with E-state index in [0.717, 1.165) is 24.3 Å². The molecular weight excluding hydrogens is 270 g/mol. The van der Waals surface area contributed by atoms with Gasteiger partial charge in [0.05, 0.1) is 11.3 Å². The van der Waals surface area contributed by atoms with E-state index in [9.17, 15) is 9.59 Å². The van der Waals surface area contributed by atoms with Gasteiger partial charge in [0.15, 0.2) is 0 Å². The van der Waals surface area contributed by atoms with E-state index in [1.165, 1.54) is 12.3 Å². The lowest BCUT2D eigenvalue weighted by Gasteiger charge is -2.30. The van der Waals surface area contributed by atoms with E-state index in [4.69, 9.17) is 4.52 Å². The number of carbonyl (C=O) groups is 1. The number of rotatable bonds is 2. The summed E-state index contributed by atoms with van der Waals surface area (Å²) in [5, 5.41) is 3.91. The van der Waals surface area contributed by atoms with Gasteiger partial charge in [0.2, 0.25) is 5.56 Å². The minimum absolute atomic E-state index is 0.0431. The number of piperidine rings is 1. The Morgan fingerprint density at radius 2 is 2.14 bits per heavy atom. The maximum Gasteiger partial charge on any atom is 0.255 e. The molecule has 1 N–H and O–H groups in total. The number of amides is 1. The highest BCUT2D eigenvalue weighted by Crippen LogP contribution is 2.28. The monoisotopic (exact) mass is 287 g/mol. The van der Waals surface area contributed by atoms with Crippen molar-refractivity contribution in [3.63, 3.8) is 0 Å². The normalized spacial score (nSPS) is 16.1. The standard InChI is InChI=1S/C15H17N3O3/c1-10-8-13(21-17-10)11-4-6-18(7-5-11)15(20)12-2-3-14(19)16-9-12/h2-3,8-9,11H,4-7H2,1H3,(H,16,19). The van der Waals surface area contributed by atoms with Gasteiger partial charge < -0.3 is 14.4 Å². The molecule has 6 heteroatoms. The van der Waals surface area contributed by atoms with E-state index in [1.54, 1.807) is 6.07 Å². The summed E-state index contributed by atoms with van der Waals surface area (Å²) in [7, 11) is 0. The van der Waals surface area contributed by atoms with Gasteiger partial charge in [-0.25, -0.2) is 0 Å². The van der Waals surface area contributed by atoms with Gasteiger partial charge in [-0.3, -0.25) is 9.59 Å². The van der Waals surface area contributed by atoms with Crippen LogP contribution in [0, 0.1) is 6.92 Å².